The standard InChI is InChI=1S/C15H15N3O2S2/c1-18-11-5-2-6-16-14(11)22-12(15(18)20)8-13(19)17-9-10-4-3-7-21-10/h2-7,12H,8-9H2,1H3,(H,17,19)/t12-/m1/s1. The molecule has 2 amide bonds. The Labute approximate surface area is 136 Å². The Morgan fingerprint density at radius 3 is 3.05 bits per heavy atom. The number of anilines is 1. The molecule has 3 heterocycles. The van der Waals surface area contributed by atoms with Gasteiger partial charge in [-0.25, -0.2) is 4.98 Å². The number of fused-ring (bicyclic) bond motifs is 1. The maximum atomic E-state index is 12.4. The van der Waals surface area contributed by atoms with Gasteiger partial charge in [-0.05, 0) is 23.6 Å². The summed E-state index contributed by atoms with van der Waals surface area (Å²) in [6.45, 7) is 0.507. The number of nitrogens with zero attached hydrogens (tertiary/aromatic N) is 2. The van der Waals surface area contributed by atoms with Crippen LogP contribution in [0, 0.1) is 0 Å². The molecule has 2 aromatic heterocycles. The Morgan fingerprint density at radius 2 is 2.27 bits per heavy atom. The zero-order valence-corrected chi connectivity index (χ0v) is 13.6. The smallest absolute Gasteiger partial charge is 0.240 e. The zero-order valence-electron chi connectivity index (χ0n) is 12.0. The zero-order chi connectivity index (χ0) is 15.5. The molecule has 5 nitrogen and oxygen atoms in total. The number of rotatable bonds is 4. The van der Waals surface area contributed by atoms with E-state index >= 15 is 0 Å². The molecule has 22 heavy (non-hydrogen) atoms. The van der Waals surface area contributed by atoms with Crippen molar-refractivity contribution in [2.24, 2.45) is 0 Å². The van der Waals surface area contributed by atoms with E-state index in [0.717, 1.165) is 15.6 Å². The second-order valence-electron chi connectivity index (χ2n) is 4.89. The monoisotopic (exact) mass is 333 g/mol. The molecule has 0 aromatic carbocycles. The average molecular weight is 333 g/mol. The van der Waals surface area contributed by atoms with Gasteiger partial charge in [0.15, 0.2) is 0 Å². The molecule has 0 bridgehead atoms. The number of thioether (sulfide) groups is 1. The Kier molecular flexibility index (Phi) is 4.44. The van der Waals surface area contributed by atoms with E-state index in [1.165, 1.54) is 11.8 Å². The highest BCUT2D eigenvalue weighted by molar-refractivity contribution is 8.00. The third-order valence-electron chi connectivity index (χ3n) is 3.38. The molecule has 0 aliphatic carbocycles. The highest BCUT2D eigenvalue weighted by Gasteiger charge is 2.33. The molecule has 0 saturated heterocycles. The number of aromatic nitrogens is 1. The van der Waals surface area contributed by atoms with Crippen molar-refractivity contribution in [1.29, 1.82) is 0 Å². The van der Waals surface area contributed by atoms with Crippen LogP contribution in [0.25, 0.3) is 0 Å². The number of hydrogen-bond acceptors (Lipinski definition) is 5. The van der Waals surface area contributed by atoms with Crippen LogP contribution in [-0.2, 0) is 16.1 Å². The summed E-state index contributed by atoms with van der Waals surface area (Å²) < 4.78 is 0. The van der Waals surface area contributed by atoms with Crippen molar-refractivity contribution in [3.05, 3.63) is 40.7 Å². The summed E-state index contributed by atoms with van der Waals surface area (Å²) in [6.07, 6.45) is 1.86. The molecular formula is C15H15N3O2S2. The Balaban J connectivity index is 1.63. The maximum absolute atomic E-state index is 12.4. The van der Waals surface area contributed by atoms with Crippen molar-refractivity contribution < 1.29 is 9.59 Å². The number of pyridine rings is 1. The minimum absolute atomic E-state index is 0.0585. The fourth-order valence-electron chi connectivity index (χ4n) is 2.22. The lowest BCUT2D eigenvalue weighted by atomic mass is 10.2. The summed E-state index contributed by atoms with van der Waals surface area (Å²) in [4.78, 5) is 31.4. The topological polar surface area (TPSA) is 62.3 Å². The number of carbonyl (C=O) groups is 2. The molecule has 0 spiro atoms. The summed E-state index contributed by atoms with van der Waals surface area (Å²) in [5, 5.41) is 5.20. The van der Waals surface area contributed by atoms with Gasteiger partial charge in [0.2, 0.25) is 11.8 Å². The Hall–Kier alpha value is -1.86. The third-order valence-corrected chi connectivity index (χ3v) is 5.45. The molecular weight excluding hydrogens is 318 g/mol. The second-order valence-corrected chi connectivity index (χ2v) is 7.12. The third kappa shape index (κ3) is 3.15. The lowest BCUT2D eigenvalue weighted by Crippen LogP contribution is -2.41. The van der Waals surface area contributed by atoms with Crippen molar-refractivity contribution >= 4 is 40.6 Å². The molecule has 3 rings (SSSR count). The van der Waals surface area contributed by atoms with Crippen LogP contribution in [0.1, 0.15) is 11.3 Å². The number of hydrogen-bond donors (Lipinski definition) is 1. The van der Waals surface area contributed by atoms with Crippen LogP contribution in [0.2, 0.25) is 0 Å². The summed E-state index contributed by atoms with van der Waals surface area (Å²) in [5.74, 6) is -0.177. The first-order chi connectivity index (χ1) is 10.6. The van der Waals surface area contributed by atoms with Crippen LogP contribution < -0.4 is 10.2 Å². The minimum Gasteiger partial charge on any atom is -0.351 e. The molecule has 2 aromatic rings. The van der Waals surface area contributed by atoms with Gasteiger partial charge in [0.05, 0.1) is 17.5 Å². The number of nitrogens with one attached hydrogen (secondary N) is 1. The highest BCUT2D eigenvalue weighted by atomic mass is 32.2. The summed E-state index contributed by atoms with van der Waals surface area (Å²) in [5.41, 5.74) is 0.799. The SMILES string of the molecule is CN1C(=O)[C@@H](CC(=O)NCc2cccs2)Sc2ncccc21. The van der Waals surface area contributed by atoms with Gasteiger partial charge in [0, 0.05) is 24.5 Å². The molecule has 0 unspecified atom stereocenters. The predicted molar refractivity (Wildman–Crippen MR) is 88.1 cm³/mol. The van der Waals surface area contributed by atoms with Crippen LogP contribution in [0.15, 0.2) is 40.9 Å². The van der Waals surface area contributed by atoms with E-state index in [9.17, 15) is 9.59 Å². The van der Waals surface area contributed by atoms with Gasteiger partial charge in [0.1, 0.15) is 5.03 Å². The number of carbonyl (C=O) groups excluding carboxylic acids is 2. The molecule has 1 aliphatic heterocycles. The maximum Gasteiger partial charge on any atom is 0.240 e. The van der Waals surface area contributed by atoms with Crippen molar-refractivity contribution in [1.82, 2.24) is 10.3 Å². The molecule has 1 aliphatic rings. The van der Waals surface area contributed by atoms with Crippen molar-refractivity contribution in [3.8, 4) is 0 Å². The molecule has 114 valence electrons. The van der Waals surface area contributed by atoms with Gasteiger partial charge in [-0.3, -0.25) is 9.59 Å². The van der Waals surface area contributed by atoms with Gasteiger partial charge in [-0.1, -0.05) is 17.8 Å². The van der Waals surface area contributed by atoms with Crippen molar-refractivity contribution in [2.75, 3.05) is 11.9 Å². The molecule has 0 saturated carbocycles. The highest BCUT2D eigenvalue weighted by Crippen LogP contribution is 2.37. The van der Waals surface area contributed by atoms with Crippen molar-refractivity contribution in [2.45, 2.75) is 23.2 Å². The van der Waals surface area contributed by atoms with Gasteiger partial charge in [-0.15, -0.1) is 11.3 Å². The first-order valence-electron chi connectivity index (χ1n) is 6.83. The molecule has 0 radical (unpaired) electrons. The van der Waals surface area contributed by atoms with Gasteiger partial charge in [0.25, 0.3) is 0 Å². The molecule has 1 atom stereocenters. The largest absolute Gasteiger partial charge is 0.351 e. The fourth-order valence-corrected chi connectivity index (χ4v) is 4.07. The minimum atomic E-state index is -0.421. The van der Waals surface area contributed by atoms with E-state index in [-0.39, 0.29) is 18.2 Å². The molecule has 1 N–H and O–H groups in total. The van der Waals surface area contributed by atoms with Crippen LogP contribution in [0.3, 0.4) is 0 Å². The second kappa shape index (κ2) is 6.50. The van der Waals surface area contributed by atoms with E-state index in [0.29, 0.717) is 6.54 Å². The predicted octanol–water partition coefficient (Wildman–Crippen LogP) is 2.29. The summed E-state index contributed by atoms with van der Waals surface area (Å²) in [7, 11) is 1.72. The number of amides is 2. The van der Waals surface area contributed by atoms with Gasteiger partial charge in [-0.2, -0.15) is 0 Å². The normalized spacial score (nSPS) is 17.2. The summed E-state index contributed by atoms with van der Waals surface area (Å²) >= 11 is 2.96. The van der Waals surface area contributed by atoms with Crippen molar-refractivity contribution in [3.63, 3.8) is 0 Å². The van der Waals surface area contributed by atoms with E-state index in [4.69, 9.17) is 0 Å². The Morgan fingerprint density at radius 1 is 1.41 bits per heavy atom. The van der Waals surface area contributed by atoms with Gasteiger partial charge < -0.3 is 10.2 Å². The lowest BCUT2D eigenvalue weighted by molar-refractivity contribution is -0.124. The van der Waals surface area contributed by atoms with Gasteiger partial charge >= 0.3 is 0 Å². The summed E-state index contributed by atoms with van der Waals surface area (Å²) in [6, 6.07) is 7.58. The van der Waals surface area contributed by atoms with E-state index in [2.05, 4.69) is 10.3 Å². The van der Waals surface area contributed by atoms with E-state index in [1.807, 2.05) is 23.6 Å². The van der Waals surface area contributed by atoms with Crippen LogP contribution in [0.5, 0.6) is 0 Å². The van der Waals surface area contributed by atoms with Crippen LogP contribution in [-0.4, -0.2) is 29.1 Å². The first-order valence-corrected chi connectivity index (χ1v) is 8.59. The first kappa shape index (κ1) is 15.1. The average Bonchev–Trinajstić information content (AvgIpc) is 3.04. The van der Waals surface area contributed by atoms with E-state index < -0.39 is 5.25 Å². The lowest BCUT2D eigenvalue weighted by Gasteiger charge is -2.29. The van der Waals surface area contributed by atoms with Crippen LogP contribution >= 0.6 is 23.1 Å². The number of thiophene rings is 1. The van der Waals surface area contributed by atoms with E-state index in [1.54, 1.807) is 35.5 Å². The van der Waals surface area contributed by atoms with Crippen LogP contribution in [0.4, 0.5) is 5.69 Å². The fraction of sp³-hybridized carbons (Fsp3) is 0.267. The quantitative estimate of drug-likeness (QED) is 0.932. The molecule has 7 heteroatoms. The Bertz CT molecular complexity index is 688. The molecule has 0 fully saturated rings.